The maximum absolute atomic E-state index is 12.7. The molecule has 0 saturated carbocycles. The van der Waals surface area contributed by atoms with Gasteiger partial charge in [-0.15, -0.1) is 0 Å². The third kappa shape index (κ3) is 4.71. The fraction of sp³-hybridized carbons (Fsp3) is 0.895. The molecular formula is C19H33N3O2. The number of amides is 2. The molecule has 0 atom stereocenters. The maximum Gasteiger partial charge on any atom is 0.236 e. The summed E-state index contributed by atoms with van der Waals surface area (Å²) in [6, 6.07) is 0. The first-order valence-corrected chi connectivity index (χ1v) is 10.0. The molecule has 3 fully saturated rings. The van der Waals surface area contributed by atoms with Crippen molar-refractivity contribution in [3.05, 3.63) is 0 Å². The van der Waals surface area contributed by atoms with Gasteiger partial charge in [-0.25, -0.2) is 0 Å². The van der Waals surface area contributed by atoms with Crippen molar-refractivity contribution in [2.45, 2.75) is 57.8 Å². The fourth-order valence-corrected chi connectivity index (χ4v) is 4.32. The highest BCUT2D eigenvalue weighted by atomic mass is 16.2. The van der Waals surface area contributed by atoms with Gasteiger partial charge in [-0.1, -0.05) is 12.8 Å². The molecule has 0 aromatic carbocycles. The number of carbonyl (C=O) groups is 2. The van der Waals surface area contributed by atoms with E-state index < -0.39 is 0 Å². The van der Waals surface area contributed by atoms with E-state index in [-0.39, 0.29) is 11.8 Å². The van der Waals surface area contributed by atoms with Crippen molar-refractivity contribution >= 4 is 11.8 Å². The highest BCUT2D eigenvalue weighted by Gasteiger charge is 2.30. The number of piperidine rings is 2. The normalized spacial score (nSPS) is 24.7. The van der Waals surface area contributed by atoms with Crippen LogP contribution in [0.3, 0.4) is 0 Å². The van der Waals surface area contributed by atoms with Crippen LogP contribution in [-0.4, -0.2) is 72.3 Å². The molecule has 24 heavy (non-hydrogen) atoms. The number of hydrogen-bond donors (Lipinski definition) is 0. The fourth-order valence-electron chi connectivity index (χ4n) is 4.32. The predicted molar refractivity (Wildman–Crippen MR) is 94.6 cm³/mol. The number of carbonyl (C=O) groups excluding carboxylic acids is 2. The highest BCUT2D eigenvalue weighted by molar-refractivity contribution is 5.79. The molecule has 3 rings (SSSR count). The van der Waals surface area contributed by atoms with Gasteiger partial charge in [-0.05, 0) is 58.0 Å². The van der Waals surface area contributed by atoms with Gasteiger partial charge in [0, 0.05) is 32.1 Å². The maximum atomic E-state index is 12.7. The summed E-state index contributed by atoms with van der Waals surface area (Å²) < 4.78 is 0. The third-order valence-electron chi connectivity index (χ3n) is 5.92. The lowest BCUT2D eigenvalue weighted by Crippen LogP contribution is -2.47. The van der Waals surface area contributed by atoms with Crippen molar-refractivity contribution < 1.29 is 9.59 Å². The molecule has 5 nitrogen and oxygen atoms in total. The van der Waals surface area contributed by atoms with Gasteiger partial charge < -0.3 is 9.80 Å². The molecule has 0 unspecified atom stereocenters. The molecule has 0 N–H and O–H groups in total. The van der Waals surface area contributed by atoms with E-state index in [1.807, 2.05) is 4.90 Å². The van der Waals surface area contributed by atoms with E-state index in [2.05, 4.69) is 9.80 Å². The van der Waals surface area contributed by atoms with Gasteiger partial charge in [0.05, 0.1) is 6.54 Å². The Balaban J connectivity index is 1.41. The number of rotatable bonds is 3. The molecule has 3 aliphatic heterocycles. The minimum absolute atomic E-state index is 0.185. The zero-order valence-corrected chi connectivity index (χ0v) is 15.0. The number of hydrogen-bond acceptors (Lipinski definition) is 3. The first kappa shape index (κ1) is 17.7. The van der Waals surface area contributed by atoms with Gasteiger partial charge in [-0.3, -0.25) is 14.5 Å². The Morgan fingerprint density at radius 3 is 1.75 bits per heavy atom. The van der Waals surface area contributed by atoms with Crippen molar-refractivity contribution in [2.75, 3.05) is 45.8 Å². The topological polar surface area (TPSA) is 43.9 Å². The van der Waals surface area contributed by atoms with Crippen molar-refractivity contribution in [1.29, 1.82) is 0 Å². The Bertz CT molecular complexity index is 418. The summed E-state index contributed by atoms with van der Waals surface area (Å²) >= 11 is 0. The zero-order chi connectivity index (χ0) is 16.8. The van der Waals surface area contributed by atoms with Crippen LogP contribution in [0.1, 0.15) is 57.8 Å². The molecule has 0 aromatic rings. The van der Waals surface area contributed by atoms with Gasteiger partial charge >= 0.3 is 0 Å². The Morgan fingerprint density at radius 1 is 0.667 bits per heavy atom. The second-order valence-corrected chi connectivity index (χ2v) is 7.73. The van der Waals surface area contributed by atoms with E-state index in [1.165, 1.54) is 19.3 Å². The van der Waals surface area contributed by atoms with Crippen LogP contribution in [0.4, 0.5) is 0 Å². The van der Waals surface area contributed by atoms with Crippen LogP contribution < -0.4 is 0 Å². The summed E-state index contributed by atoms with van der Waals surface area (Å²) in [4.78, 5) is 31.5. The van der Waals surface area contributed by atoms with Crippen molar-refractivity contribution in [3.8, 4) is 0 Å². The van der Waals surface area contributed by atoms with Crippen molar-refractivity contribution in [2.24, 2.45) is 5.92 Å². The summed E-state index contributed by atoms with van der Waals surface area (Å²) in [5, 5.41) is 0. The van der Waals surface area contributed by atoms with E-state index in [9.17, 15) is 9.59 Å². The van der Waals surface area contributed by atoms with Gasteiger partial charge in [0.15, 0.2) is 0 Å². The summed E-state index contributed by atoms with van der Waals surface area (Å²) in [6.45, 7) is 6.10. The molecule has 0 aliphatic carbocycles. The van der Waals surface area contributed by atoms with E-state index >= 15 is 0 Å². The predicted octanol–water partition coefficient (Wildman–Crippen LogP) is 2.11. The van der Waals surface area contributed by atoms with E-state index in [4.69, 9.17) is 0 Å². The summed E-state index contributed by atoms with van der Waals surface area (Å²) in [7, 11) is 0. The Hall–Kier alpha value is -1.10. The minimum atomic E-state index is 0.185. The average molecular weight is 335 g/mol. The van der Waals surface area contributed by atoms with Crippen LogP contribution in [0.25, 0.3) is 0 Å². The highest BCUT2D eigenvalue weighted by Crippen LogP contribution is 2.22. The van der Waals surface area contributed by atoms with Gasteiger partial charge in [0.2, 0.25) is 11.8 Å². The molecular weight excluding hydrogens is 302 g/mol. The molecule has 2 amide bonds. The molecule has 3 heterocycles. The van der Waals surface area contributed by atoms with Gasteiger partial charge in [0.1, 0.15) is 0 Å². The van der Waals surface area contributed by atoms with Gasteiger partial charge in [-0.2, -0.15) is 0 Å². The molecule has 3 aliphatic rings. The molecule has 0 spiro atoms. The van der Waals surface area contributed by atoms with Crippen molar-refractivity contribution in [3.63, 3.8) is 0 Å². The molecule has 0 radical (unpaired) electrons. The zero-order valence-electron chi connectivity index (χ0n) is 15.0. The molecule has 0 aromatic heterocycles. The third-order valence-corrected chi connectivity index (χ3v) is 5.92. The standard InChI is InChI=1S/C19H33N3O2/c23-18(21-10-6-3-7-11-21)16-20-14-8-17(9-15-20)19(24)22-12-4-1-2-5-13-22/h17H,1-16H2. The van der Waals surface area contributed by atoms with E-state index in [0.717, 1.165) is 77.8 Å². The molecule has 5 heteroatoms. The Morgan fingerprint density at radius 2 is 1.17 bits per heavy atom. The summed E-state index contributed by atoms with van der Waals surface area (Å²) in [5.41, 5.74) is 0. The van der Waals surface area contributed by atoms with E-state index in [0.29, 0.717) is 12.5 Å². The monoisotopic (exact) mass is 335 g/mol. The summed E-state index contributed by atoms with van der Waals surface area (Å²) in [6.07, 6.45) is 10.3. The second kappa shape index (κ2) is 8.84. The van der Waals surface area contributed by atoms with Crippen LogP contribution in [-0.2, 0) is 9.59 Å². The lowest BCUT2D eigenvalue weighted by Gasteiger charge is -2.35. The van der Waals surface area contributed by atoms with E-state index in [1.54, 1.807) is 0 Å². The Labute approximate surface area is 146 Å². The van der Waals surface area contributed by atoms with Crippen LogP contribution in [0.2, 0.25) is 0 Å². The lowest BCUT2D eigenvalue weighted by molar-refractivity contribution is -0.137. The van der Waals surface area contributed by atoms with Crippen LogP contribution in [0.15, 0.2) is 0 Å². The molecule has 136 valence electrons. The van der Waals surface area contributed by atoms with Crippen LogP contribution in [0, 0.1) is 5.92 Å². The summed E-state index contributed by atoms with van der Waals surface area (Å²) in [5.74, 6) is 0.843. The first-order valence-electron chi connectivity index (χ1n) is 10.0. The Kier molecular flexibility index (Phi) is 6.52. The van der Waals surface area contributed by atoms with Crippen molar-refractivity contribution in [1.82, 2.24) is 14.7 Å². The largest absolute Gasteiger partial charge is 0.342 e. The van der Waals surface area contributed by atoms with Gasteiger partial charge in [0.25, 0.3) is 0 Å². The lowest BCUT2D eigenvalue weighted by atomic mass is 9.95. The number of nitrogens with zero attached hydrogens (tertiary/aromatic N) is 3. The van der Waals surface area contributed by atoms with Crippen LogP contribution in [0.5, 0.6) is 0 Å². The van der Waals surface area contributed by atoms with Crippen LogP contribution >= 0.6 is 0 Å². The SMILES string of the molecule is O=C(CN1CCC(C(=O)N2CCCCCC2)CC1)N1CCCCC1. The number of likely N-dealkylation sites (tertiary alicyclic amines) is 3. The molecule has 3 saturated heterocycles. The average Bonchev–Trinajstić information content (AvgIpc) is 2.92. The minimum Gasteiger partial charge on any atom is -0.342 e. The smallest absolute Gasteiger partial charge is 0.236 e. The molecule has 0 bridgehead atoms. The first-order chi connectivity index (χ1) is 11.7. The second-order valence-electron chi connectivity index (χ2n) is 7.73. The quantitative estimate of drug-likeness (QED) is 0.793.